The van der Waals surface area contributed by atoms with E-state index in [4.69, 9.17) is 0 Å². The molecule has 6 heteroatoms. The van der Waals surface area contributed by atoms with Crippen LogP contribution in [0.2, 0.25) is 0 Å². The minimum atomic E-state index is -0.500. The number of carbonyl (C=O) groups excluding carboxylic acids is 4. The number of ether oxygens (including phenoxy) is 1. The van der Waals surface area contributed by atoms with Crippen LogP contribution < -0.4 is 0 Å². The van der Waals surface area contributed by atoms with E-state index in [0.29, 0.717) is 18.3 Å². The molecule has 0 radical (unpaired) electrons. The first-order chi connectivity index (χ1) is 16.4. The highest BCUT2D eigenvalue weighted by Crippen LogP contribution is 2.70. The van der Waals surface area contributed by atoms with Gasteiger partial charge in [-0.1, -0.05) is 20.8 Å². The lowest BCUT2D eigenvalue weighted by molar-refractivity contribution is -0.191. The average molecular weight is 489 g/mol. The van der Waals surface area contributed by atoms with Gasteiger partial charge in [0.15, 0.2) is 0 Å². The zero-order valence-electron chi connectivity index (χ0n) is 22.1. The molecule has 4 aliphatic rings. The van der Waals surface area contributed by atoms with Crippen LogP contribution in [0.1, 0.15) is 92.4 Å². The molecule has 4 rings (SSSR count). The van der Waals surface area contributed by atoms with E-state index < -0.39 is 12.1 Å². The number of ketones is 2. The third-order valence-electron chi connectivity index (χ3n) is 11.7. The molecule has 0 heterocycles. The van der Waals surface area contributed by atoms with Gasteiger partial charge in [-0.05, 0) is 112 Å². The summed E-state index contributed by atoms with van der Waals surface area (Å²) < 4.78 is 4.48. The minimum absolute atomic E-state index is 0.00256. The Bertz CT molecular complexity index is 867. The van der Waals surface area contributed by atoms with Crippen molar-refractivity contribution < 1.29 is 29.0 Å². The van der Waals surface area contributed by atoms with E-state index in [1.165, 1.54) is 0 Å². The number of Topliss-reactive ketones (excluding diaryl/α,β-unsaturated/α-hetero) is 2. The van der Waals surface area contributed by atoms with Crippen LogP contribution in [0.15, 0.2) is 0 Å². The number of aliphatic hydroxyl groups is 1. The molecule has 0 aromatic rings. The molecule has 0 spiro atoms. The van der Waals surface area contributed by atoms with Crippen LogP contribution in [0, 0.1) is 58.2 Å². The average Bonchev–Trinajstić information content (AvgIpc) is 3.16. The maximum atomic E-state index is 13.1. The van der Waals surface area contributed by atoms with Gasteiger partial charge in [0.25, 0.3) is 0 Å². The van der Waals surface area contributed by atoms with E-state index in [-0.39, 0.29) is 70.8 Å². The van der Waals surface area contributed by atoms with Crippen molar-refractivity contribution in [1.29, 1.82) is 0 Å². The zero-order chi connectivity index (χ0) is 25.7. The van der Waals surface area contributed by atoms with Gasteiger partial charge in [-0.3, -0.25) is 19.2 Å². The van der Waals surface area contributed by atoms with Crippen LogP contribution in [0.4, 0.5) is 0 Å². The monoisotopic (exact) mass is 488 g/mol. The first-order valence-electron chi connectivity index (χ1n) is 13.8. The molecule has 4 aliphatic carbocycles. The van der Waals surface area contributed by atoms with Crippen LogP contribution in [0.5, 0.6) is 0 Å². The molecule has 0 aromatic heterocycles. The van der Waals surface area contributed by atoms with Gasteiger partial charge in [0, 0.05) is 18.3 Å². The van der Waals surface area contributed by atoms with Crippen molar-refractivity contribution in [3.8, 4) is 0 Å². The first kappa shape index (κ1) is 26.5. The van der Waals surface area contributed by atoms with Crippen LogP contribution in [0.25, 0.3) is 0 Å². The Labute approximate surface area is 209 Å². The minimum Gasteiger partial charge on any atom is -0.395 e. The lowest BCUT2D eigenvalue weighted by Crippen LogP contribution is -2.61. The SMILES string of the molecule is CC(=O)[C@@H]1CC[C@@]2(C)[C@@H](C1)C[C@@H](C(C)=O)[C@@H]1[C@@H]2C[C@H](O)[C@]2(C)[C@@H]([C@H](C)CCC(=O)OC=O)CC[C@@H]12. The smallest absolute Gasteiger partial charge is 0.313 e. The molecule has 4 fully saturated rings. The Morgan fingerprint density at radius 3 is 2.37 bits per heavy atom. The van der Waals surface area contributed by atoms with Gasteiger partial charge in [-0.25, -0.2) is 0 Å². The second-order valence-electron chi connectivity index (χ2n) is 12.9. The second-order valence-corrected chi connectivity index (χ2v) is 12.9. The van der Waals surface area contributed by atoms with Gasteiger partial charge in [-0.2, -0.15) is 0 Å². The lowest BCUT2D eigenvalue weighted by Gasteiger charge is -2.64. The number of hydrogen-bond donors (Lipinski definition) is 1. The van der Waals surface area contributed by atoms with E-state index in [1.807, 2.05) is 0 Å². The Kier molecular flexibility index (Phi) is 7.36. The summed E-state index contributed by atoms with van der Waals surface area (Å²) in [5, 5.41) is 11.8. The molecule has 1 N–H and O–H groups in total. The number of esters is 1. The van der Waals surface area contributed by atoms with Gasteiger partial charge in [0.1, 0.15) is 11.6 Å². The number of fused-ring (bicyclic) bond motifs is 5. The largest absolute Gasteiger partial charge is 0.395 e. The molecule has 0 saturated heterocycles. The normalized spacial score (nSPS) is 45.4. The maximum absolute atomic E-state index is 13.1. The molecular weight excluding hydrogens is 444 g/mol. The number of aliphatic hydroxyl groups excluding tert-OH is 1. The first-order valence-corrected chi connectivity index (χ1v) is 13.8. The summed E-state index contributed by atoms with van der Waals surface area (Å²) in [6, 6.07) is 0. The molecule has 0 aromatic carbocycles. The lowest BCUT2D eigenvalue weighted by atomic mass is 9.41. The Hall–Kier alpha value is -1.56. The van der Waals surface area contributed by atoms with Gasteiger partial charge in [0.05, 0.1) is 6.10 Å². The summed E-state index contributed by atoms with van der Waals surface area (Å²) in [4.78, 5) is 47.5. The Balaban J connectivity index is 1.61. The number of hydrogen-bond acceptors (Lipinski definition) is 6. The molecule has 0 unspecified atom stereocenters. The molecule has 0 aliphatic heterocycles. The third-order valence-corrected chi connectivity index (χ3v) is 11.7. The number of rotatable bonds is 7. The summed E-state index contributed by atoms with van der Waals surface area (Å²) in [7, 11) is 0. The fourth-order valence-corrected chi connectivity index (χ4v) is 9.66. The highest BCUT2D eigenvalue weighted by Gasteiger charge is 2.66. The molecule has 11 atom stereocenters. The fourth-order valence-electron chi connectivity index (χ4n) is 9.66. The van der Waals surface area contributed by atoms with Gasteiger partial charge in [0.2, 0.25) is 0 Å². The van der Waals surface area contributed by atoms with E-state index in [9.17, 15) is 24.3 Å². The molecule has 35 heavy (non-hydrogen) atoms. The van der Waals surface area contributed by atoms with Crippen molar-refractivity contribution >= 4 is 24.0 Å². The third kappa shape index (κ3) is 4.32. The van der Waals surface area contributed by atoms with Crippen molar-refractivity contribution in [3.63, 3.8) is 0 Å². The summed E-state index contributed by atoms with van der Waals surface area (Å²) >= 11 is 0. The van der Waals surface area contributed by atoms with Crippen molar-refractivity contribution in [2.45, 2.75) is 98.5 Å². The summed E-state index contributed by atoms with van der Waals surface area (Å²) in [5.74, 6) is 1.83. The topological polar surface area (TPSA) is 97.7 Å². The zero-order valence-corrected chi connectivity index (χ0v) is 22.1. The Morgan fingerprint density at radius 1 is 1.03 bits per heavy atom. The highest BCUT2D eigenvalue weighted by atomic mass is 16.6. The van der Waals surface area contributed by atoms with Gasteiger partial charge >= 0.3 is 12.4 Å². The number of carbonyl (C=O) groups is 4. The van der Waals surface area contributed by atoms with Crippen LogP contribution >= 0.6 is 0 Å². The predicted octanol–water partition coefficient (Wildman–Crippen LogP) is 4.75. The standard InChI is InChI=1S/C29H44O6/c1-16(6-9-26(34)35-15-30)22-7-8-23-27-21(18(3)32)13-20-12-19(17(2)31)10-11-28(20,4)24(27)14-25(33)29(22,23)5/h15-16,19-25,27,33H,6-14H2,1-5H3/t16-,19-,20+,21+,22-,23+,24+,25+,27+,28+,29-/m1/s1. The van der Waals surface area contributed by atoms with E-state index in [1.54, 1.807) is 13.8 Å². The second kappa shape index (κ2) is 9.72. The molecular formula is C29H44O6. The summed E-state index contributed by atoms with van der Waals surface area (Å²) in [6.07, 6.45) is 6.77. The summed E-state index contributed by atoms with van der Waals surface area (Å²) in [5.41, 5.74) is -0.226. The van der Waals surface area contributed by atoms with E-state index in [2.05, 4.69) is 25.5 Å². The summed E-state index contributed by atoms with van der Waals surface area (Å²) in [6.45, 7) is 10.4. The highest BCUT2D eigenvalue weighted by molar-refractivity contribution is 5.80. The van der Waals surface area contributed by atoms with Crippen LogP contribution in [-0.4, -0.2) is 35.2 Å². The van der Waals surface area contributed by atoms with Crippen molar-refractivity contribution in [1.82, 2.24) is 0 Å². The quantitative estimate of drug-likeness (QED) is 0.315. The van der Waals surface area contributed by atoms with Crippen LogP contribution in [-0.2, 0) is 23.9 Å². The van der Waals surface area contributed by atoms with Gasteiger partial charge < -0.3 is 9.84 Å². The predicted molar refractivity (Wildman–Crippen MR) is 131 cm³/mol. The van der Waals surface area contributed by atoms with Gasteiger partial charge in [-0.15, -0.1) is 0 Å². The van der Waals surface area contributed by atoms with Crippen molar-refractivity contribution in [3.05, 3.63) is 0 Å². The van der Waals surface area contributed by atoms with Crippen molar-refractivity contribution in [2.75, 3.05) is 0 Å². The van der Waals surface area contributed by atoms with E-state index >= 15 is 0 Å². The molecule has 6 nitrogen and oxygen atoms in total. The molecule has 0 bridgehead atoms. The molecule has 4 saturated carbocycles. The maximum Gasteiger partial charge on any atom is 0.313 e. The molecule has 0 amide bonds. The van der Waals surface area contributed by atoms with E-state index in [0.717, 1.165) is 44.9 Å². The Morgan fingerprint density at radius 2 is 1.74 bits per heavy atom. The van der Waals surface area contributed by atoms with Crippen molar-refractivity contribution in [2.24, 2.45) is 58.2 Å². The fraction of sp³-hybridized carbons (Fsp3) is 0.862. The van der Waals surface area contributed by atoms with Crippen LogP contribution in [0.3, 0.4) is 0 Å². The molecule has 196 valence electrons.